The van der Waals surface area contributed by atoms with Crippen LogP contribution in [-0.4, -0.2) is 26.0 Å². The fraction of sp³-hybridized carbons (Fsp3) is 0.538. The van der Waals surface area contributed by atoms with Gasteiger partial charge in [-0.25, -0.2) is 4.98 Å². The molecule has 2 aromatic heterocycles. The first-order chi connectivity index (χ1) is 8.58. The molecule has 5 heteroatoms. The van der Waals surface area contributed by atoms with Crippen molar-refractivity contribution in [3.63, 3.8) is 0 Å². The molecule has 0 aliphatic heterocycles. The minimum atomic E-state index is -0.392. The van der Waals surface area contributed by atoms with Crippen molar-refractivity contribution in [1.82, 2.24) is 14.8 Å². The average molecular weight is 265 g/mol. The van der Waals surface area contributed by atoms with Gasteiger partial charge in [-0.05, 0) is 26.8 Å². The van der Waals surface area contributed by atoms with Gasteiger partial charge in [0.15, 0.2) is 0 Å². The number of hydrogen-bond acceptors (Lipinski definition) is 4. The molecule has 0 spiro atoms. The van der Waals surface area contributed by atoms with Crippen LogP contribution in [0.2, 0.25) is 0 Å². The summed E-state index contributed by atoms with van der Waals surface area (Å²) >= 11 is 1.61. The van der Waals surface area contributed by atoms with E-state index in [0.717, 1.165) is 28.6 Å². The molecule has 0 bridgehead atoms. The Labute approximate surface area is 111 Å². The predicted molar refractivity (Wildman–Crippen MR) is 72.9 cm³/mol. The number of thiazole rings is 1. The molecule has 4 nitrogen and oxygen atoms in total. The summed E-state index contributed by atoms with van der Waals surface area (Å²) in [6.07, 6.45) is 0.858. The minimum Gasteiger partial charge on any atom is -0.392 e. The van der Waals surface area contributed by atoms with Crippen LogP contribution in [0.3, 0.4) is 0 Å². The molecule has 0 aromatic carbocycles. The van der Waals surface area contributed by atoms with Gasteiger partial charge in [-0.2, -0.15) is 5.10 Å². The van der Waals surface area contributed by atoms with Crippen LogP contribution >= 0.6 is 11.3 Å². The topological polar surface area (TPSA) is 50.9 Å². The highest BCUT2D eigenvalue weighted by Crippen LogP contribution is 2.14. The van der Waals surface area contributed by atoms with E-state index in [2.05, 4.69) is 17.0 Å². The molecule has 0 radical (unpaired) electrons. The highest BCUT2D eigenvalue weighted by Gasteiger charge is 2.13. The van der Waals surface area contributed by atoms with Crippen LogP contribution in [0.5, 0.6) is 0 Å². The van der Waals surface area contributed by atoms with Crippen molar-refractivity contribution in [3.05, 3.63) is 33.5 Å². The lowest BCUT2D eigenvalue weighted by Crippen LogP contribution is -2.16. The molecule has 0 saturated heterocycles. The standard InChI is InChI=1S/C13H19N3OS/c1-4-16-11(5-9(2)15-16)6-12(17)7-13-14-10(3)8-18-13/h5,8,12,17H,4,6-7H2,1-3H3. The van der Waals surface area contributed by atoms with Crippen LogP contribution in [0.15, 0.2) is 11.4 Å². The smallest absolute Gasteiger partial charge is 0.0954 e. The maximum absolute atomic E-state index is 10.1. The Balaban J connectivity index is 2.00. The summed E-state index contributed by atoms with van der Waals surface area (Å²) in [5.74, 6) is 0. The van der Waals surface area contributed by atoms with Gasteiger partial charge in [0.1, 0.15) is 0 Å². The van der Waals surface area contributed by atoms with Crippen LogP contribution in [-0.2, 0) is 19.4 Å². The van der Waals surface area contributed by atoms with Crippen molar-refractivity contribution in [3.8, 4) is 0 Å². The van der Waals surface area contributed by atoms with E-state index in [1.165, 1.54) is 0 Å². The van der Waals surface area contributed by atoms with E-state index in [4.69, 9.17) is 0 Å². The Kier molecular flexibility index (Phi) is 4.14. The van der Waals surface area contributed by atoms with Gasteiger partial charge in [0, 0.05) is 36.2 Å². The lowest BCUT2D eigenvalue weighted by Gasteiger charge is -2.10. The Morgan fingerprint density at radius 1 is 1.33 bits per heavy atom. The van der Waals surface area contributed by atoms with E-state index in [1.807, 2.05) is 30.0 Å². The SMILES string of the molecule is CCn1nc(C)cc1CC(O)Cc1nc(C)cs1. The lowest BCUT2D eigenvalue weighted by atomic mass is 10.1. The molecule has 0 saturated carbocycles. The molecule has 98 valence electrons. The van der Waals surface area contributed by atoms with Gasteiger partial charge in [0.25, 0.3) is 0 Å². The van der Waals surface area contributed by atoms with E-state index in [9.17, 15) is 5.11 Å². The maximum atomic E-state index is 10.1. The zero-order valence-electron chi connectivity index (χ0n) is 11.1. The number of rotatable bonds is 5. The summed E-state index contributed by atoms with van der Waals surface area (Å²) in [4.78, 5) is 4.38. The van der Waals surface area contributed by atoms with E-state index < -0.39 is 6.10 Å². The fourth-order valence-corrected chi connectivity index (χ4v) is 2.89. The second-order valence-electron chi connectivity index (χ2n) is 4.54. The molecule has 0 aliphatic rings. The molecule has 0 fully saturated rings. The first-order valence-corrected chi connectivity index (χ1v) is 7.09. The van der Waals surface area contributed by atoms with Gasteiger partial charge in [-0.15, -0.1) is 11.3 Å². The normalized spacial score (nSPS) is 12.9. The number of nitrogens with zero attached hydrogens (tertiary/aromatic N) is 3. The summed E-state index contributed by atoms with van der Waals surface area (Å²) in [5, 5.41) is 17.5. The van der Waals surface area contributed by atoms with Gasteiger partial charge in [0.2, 0.25) is 0 Å². The van der Waals surface area contributed by atoms with Crippen molar-refractivity contribution in [2.45, 2.75) is 46.3 Å². The second kappa shape index (κ2) is 5.63. The van der Waals surface area contributed by atoms with Gasteiger partial charge in [-0.1, -0.05) is 0 Å². The van der Waals surface area contributed by atoms with Crippen molar-refractivity contribution in [1.29, 1.82) is 0 Å². The molecule has 18 heavy (non-hydrogen) atoms. The highest BCUT2D eigenvalue weighted by molar-refractivity contribution is 7.09. The first kappa shape index (κ1) is 13.2. The first-order valence-electron chi connectivity index (χ1n) is 6.21. The van der Waals surface area contributed by atoms with Gasteiger partial charge >= 0.3 is 0 Å². The number of aliphatic hydroxyl groups excluding tert-OH is 1. The van der Waals surface area contributed by atoms with Crippen molar-refractivity contribution >= 4 is 11.3 Å². The summed E-state index contributed by atoms with van der Waals surface area (Å²) in [6, 6.07) is 2.04. The predicted octanol–water partition coefficient (Wildman–Crippen LogP) is 2.12. The molecule has 1 N–H and O–H groups in total. The highest BCUT2D eigenvalue weighted by atomic mass is 32.1. The average Bonchev–Trinajstić information content (AvgIpc) is 2.85. The van der Waals surface area contributed by atoms with Gasteiger partial charge in [-0.3, -0.25) is 4.68 Å². The van der Waals surface area contributed by atoms with Crippen LogP contribution in [0.25, 0.3) is 0 Å². The van der Waals surface area contributed by atoms with E-state index in [1.54, 1.807) is 11.3 Å². The molecule has 2 aromatic rings. The van der Waals surface area contributed by atoms with Crippen molar-refractivity contribution in [2.24, 2.45) is 0 Å². The molecule has 2 rings (SSSR count). The van der Waals surface area contributed by atoms with Gasteiger partial charge in [0.05, 0.1) is 16.8 Å². The van der Waals surface area contributed by atoms with Crippen LogP contribution < -0.4 is 0 Å². The van der Waals surface area contributed by atoms with E-state index in [0.29, 0.717) is 12.8 Å². The zero-order valence-corrected chi connectivity index (χ0v) is 11.9. The van der Waals surface area contributed by atoms with Crippen LogP contribution in [0, 0.1) is 13.8 Å². The number of hydrogen-bond donors (Lipinski definition) is 1. The molecular weight excluding hydrogens is 246 g/mol. The quantitative estimate of drug-likeness (QED) is 0.901. The summed E-state index contributed by atoms with van der Waals surface area (Å²) in [5.41, 5.74) is 3.12. The van der Waals surface area contributed by atoms with Crippen molar-refractivity contribution < 1.29 is 5.11 Å². The number of aromatic nitrogens is 3. The van der Waals surface area contributed by atoms with Crippen LogP contribution in [0.1, 0.15) is 29.0 Å². The summed E-state index contributed by atoms with van der Waals surface area (Å²) in [6.45, 7) is 6.85. The maximum Gasteiger partial charge on any atom is 0.0954 e. The third-order valence-corrected chi connectivity index (χ3v) is 3.80. The van der Waals surface area contributed by atoms with Crippen molar-refractivity contribution in [2.75, 3.05) is 0 Å². The third kappa shape index (κ3) is 3.17. The van der Waals surface area contributed by atoms with E-state index >= 15 is 0 Å². The Bertz CT molecular complexity index is 518. The van der Waals surface area contributed by atoms with Gasteiger partial charge < -0.3 is 5.11 Å². The number of aliphatic hydroxyl groups is 1. The summed E-state index contributed by atoms with van der Waals surface area (Å²) < 4.78 is 1.95. The zero-order chi connectivity index (χ0) is 13.1. The molecule has 1 unspecified atom stereocenters. The number of aryl methyl sites for hydroxylation is 3. The minimum absolute atomic E-state index is 0.392. The Morgan fingerprint density at radius 2 is 2.11 bits per heavy atom. The molecule has 0 amide bonds. The van der Waals surface area contributed by atoms with E-state index in [-0.39, 0.29) is 0 Å². The lowest BCUT2D eigenvalue weighted by molar-refractivity contribution is 0.172. The fourth-order valence-electron chi connectivity index (χ4n) is 2.05. The summed E-state index contributed by atoms with van der Waals surface area (Å²) in [7, 11) is 0. The second-order valence-corrected chi connectivity index (χ2v) is 5.48. The largest absolute Gasteiger partial charge is 0.392 e. The molecular formula is C13H19N3OS. The third-order valence-electron chi connectivity index (χ3n) is 2.81. The monoisotopic (exact) mass is 265 g/mol. The Morgan fingerprint density at radius 3 is 2.72 bits per heavy atom. The molecule has 1 atom stereocenters. The molecule has 2 heterocycles. The van der Waals surface area contributed by atoms with Crippen LogP contribution in [0.4, 0.5) is 0 Å². The molecule has 0 aliphatic carbocycles. The Hall–Kier alpha value is -1.20.